The van der Waals surface area contributed by atoms with Crippen LogP contribution in [0.2, 0.25) is 0 Å². The van der Waals surface area contributed by atoms with E-state index in [1.54, 1.807) is 12.4 Å². The summed E-state index contributed by atoms with van der Waals surface area (Å²) in [6.07, 6.45) is 3.22. The van der Waals surface area contributed by atoms with E-state index in [-0.39, 0.29) is 0 Å². The molecule has 0 bridgehead atoms. The van der Waals surface area contributed by atoms with E-state index in [1.807, 2.05) is 24.3 Å². The van der Waals surface area contributed by atoms with Crippen molar-refractivity contribution >= 4 is 21.7 Å². The molecule has 1 heterocycles. The van der Waals surface area contributed by atoms with Crippen molar-refractivity contribution in [3.05, 3.63) is 41.1 Å². The lowest BCUT2D eigenvalue weighted by molar-refractivity contribution is 1.21. The highest BCUT2D eigenvalue weighted by atomic mass is 79.9. The molecule has 0 aliphatic rings. The van der Waals surface area contributed by atoms with Crippen LogP contribution in [0.3, 0.4) is 0 Å². The first-order chi connectivity index (χ1) is 6.75. The summed E-state index contributed by atoms with van der Waals surface area (Å²) in [5.41, 5.74) is 7.29. The highest BCUT2D eigenvalue weighted by Crippen LogP contribution is 2.20. The van der Waals surface area contributed by atoms with Gasteiger partial charge in [-0.1, -0.05) is 28.1 Å². The molecule has 1 aromatic heterocycles. The van der Waals surface area contributed by atoms with Crippen molar-refractivity contribution in [2.45, 2.75) is 0 Å². The van der Waals surface area contributed by atoms with Gasteiger partial charge in [0.15, 0.2) is 0 Å². The van der Waals surface area contributed by atoms with Gasteiger partial charge in [0.1, 0.15) is 5.82 Å². The Morgan fingerprint density at radius 2 is 2.00 bits per heavy atom. The maximum absolute atomic E-state index is 5.45. The minimum atomic E-state index is 0.434. The molecule has 4 heteroatoms. The van der Waals surface area contributed by atoms with E-state index in [2.05, 4.69) is 25.9 Å². The molecular formula is C10H8BrN3. The zero-order chi connectivity index (χ0) is 9.97. The smallest absolute Gasteiger partial charge is 0.141 e. The van der Waals surface area contributed by atoms with Crippen LogP contribution in [-0.2, 0) is 0 Å². The normalized spacial score (nSPS) is 10.1. The molecule has 2 rings (SSSR count). The van der Waals surface area contributed by atoms with Gasteiger partial charge in [-0.3, -0.25) is 4.98 Å². The fourth-order valence-electron chi connectivity index (χ4n) is 1.13. The lowest BCUT2D eigenvalue weighted by atomic mass is 10.2. The molecule has 2 N–H and O–H groups in total. The Morgan fingerprint density at radius 1 is 1.14 bits per heavy atom. The second kappa shape index (κ2) is 3.75. The van der Waals surface area contributed by atoms with Gasteiger partial charge in [0.2, 0.25) is 0 Å². The average Bonchev–Trinajstić information content (AvgIpc) is 2.19. The number of nitrogens with zero attached hydrogens (tertiary/aromatic N) is 2. The van der Waals surface area contributed by atoms with E-state index in [0.29, 0.717) is 5.82 Å². The third-order valence-corrected chi connectivity index (χ3v) is 2.29. The summed E-state index contributed by atoms with van der Waals surface area (Å²) in [6.45, 7) is 0. The lowest BCUT2D eigenvalue weighted by Gasteiger charge is -2.00. The molecule has 0 unspecified atom stereocenters. The van der Waals surface area contributed by atoms with E-state index >= 15 is 0 Å². The van der Waals surface area contributed by atoms with Crippen molar-refractivity contribution in [1.29, 1.82) is 0 Å². The number of nitrogens with two attached hydrogens (primary N) is 1. The summed E-state index contributed by atoms with van der Waals surface area (Å²) < 4.78 is 1.02. The van der Waals surface area contributed by atoms with Crippen molar-refractivity contribution in [1.82, 2.24) is 9.97 Å². The van der Waals surface area contributed by atoms with Crippen LogP contribution >= 0.6 is 15.9 Å². The van der Waals surface area contributed by atoms with Crippen molar-refractivity contribution in [2.24, 2.45) is 0 Å². The third kappa shape index (κ3) is 1.90. The monoisotopic (exact) mass is 249 g/mol. The molecule has 0 saturated heterocycles. The lowest BCUT2D eigenvalue weighted by Crippen LogP contribution is -1.92. The molecular weight excluding hydrogens is 242 g/mol. The second-order valence-electron chi connectivity index (χ2n) is 2.84. The van der Waals surface area contributed by atoms with Gasteiger partial charge in [0.05, 0.1) is 18.1 Å². The van der Waals surface area contributed by atoms with Crippen LogP contribution in [0.4, 0.5) is 5.82 Å². The SMILES string of the molecule is Nc1cnc(-c2cccc(Br)c2)cn1. The Kier molecular flexibility index (Phi) is 2.45. The van der Waals surface area contributed by atoms with Crippen molar-refractivity contribution in [2.75, 3.05) is 5.73 Å². The third-order valence-electron chi connectivity index (χ3n) is 1.79. The number of hydrogen-bond donors (Lipinski definition) is 1. The van der Waals surface area contributed by atoms with Gasteiger partial charge in [-0.05, 0) is 12.1 Å². The fraction of sp³-hybridized carbons (Fsp3) is 0. The first-order valence-electron chi connectivity index (χ1n) is 4.09. The molecule has 3 nitrogen and oxygen atoms in total. The summed E-state index contributed by atoms with van der Waals surface area (Å²) >= 11 is 3.40. The number of rotatable bonds is 1. The molecule has 14 heavy (non-hydrogen) atoms. The molecule has 0 aliphatic heterocycles. The molecule has 0 aliphatic carbocycles. The summed E-state index contributed by atoms with van der Waals surface area (Å²) in [5.74, 6) is 0.434. The van der Waals surface area contributed by atoms with Gasteiger partial charge in [0, 0.05) is 10.0 Å². The zero-order valence-corrected chi connectivity index (χ0v) is 8.90. The van der Waals surface area contributed by atoms with E-state index in [4.69, 9.17) is 5.73 Å². The highest BCUT2D eigenvalue weighted by Gasteiger charge is 1.99. The quantitative estimate of drug-likeness (QED) is 0.845. The first kappa shape index (κ1) is 9.15. The molecule has 0 atom stereocenters. The largest absolute Gasteiger partial charge is 0.382 e. The van der Waals surface area contributed by atoms with Gasteiger partial charge in [-0.15, -0.1) is 0 Å². The minimum Gasteiger partial charge on any atom is -0.382 e. The van der Waals surface area contributed by atoms with Crippen molar-refractivity contribution in [3.63, 3.8) is 0 Å². The van der Waals surface area contributed by atoms with Crippen LogP contribution < -0.4 is 5.73 Å². The van der Waals surface area contributed by atoms with E-state index in [1.165, 1.54) is 0 Å². The number of nitrogen functional groups attached to an aromatic ring is 1. The first-order valence-corrected chi connectivity index (χ1v) is 4.88. The van der Waals surface area contributed by atoms with Gasteiger partial charge >= 0.3 is 0 Å². The number of anilines is 1. The van der Waals surface area contributed by atoms with Crippen LogP contribution in [0.5, 0.6) is 0 Å². The Hall–Kier alpha value is -1.42. The Labute approximate surface area is 90.1 Å². The van der Waals surface area contributed by atoms with Crippen LogP contribution in [-0.4, -0.2) is 9.97 Å². The standard InChI is InChI=1S/C10H8BrN3/c11-8-3-1-2-7(4-8)9-5-14-10(12)6-13-9/h1-6H,(H2,12,14). The van der Waals surface area contributed by atoms with Crippen LogP contribution in [0.1, 0.15) is 0 Å². The Bertz CT molecular complexity index is 439. The molecule has 70 valence electrons. The van der Waals surface area contributed by atoms with Crippen LogP contribution in [0, 0.1) is 0 Å². The van der Waals surface area contributed by atoms with Crippen molar-refractivity contribution in [3.8, 4) is 11.3 Å². The van der Waals surface area contributed by atoms with Crippen molar-refractivity contribution < 1.29 is 0 Å². The number of benzene rings is 1. The predicted octanol–water partition coefficient (Wildman–Crippen LogP) is 2.49. The van der Waals surface area contributed by atoms with E-state index in [0.717, 1.165) is 15.7 Å². The highest BCUT2D eigenvalue weighted by molar-refractivity contribution is 9.10. The summed E-state index contributed by atoms with van der Waals surface area (Å²) in [6, 6.07) is 7.89. The molecule has 0 radical (unpaired) electrons. The van der Waals surface area contributed by atoms with Crippen LogP contribution in [0.25, 0.3) is 11.3 Å². The summed E-state index contributed by atoms with van der Waals surface area (Å²) in [4.78, 5) is 8.17. The molecule has 0 amide bonds. The molecule has 2 aromatic rings. The van der Waals surface area contributed by atoms with Crippen LogP contribution in [0.15, 0.2) is 41.1 Å². The Balaban J connectivity index is 2.44. The number of aromatic nitrogens is 2. The fourth-order valence-corrected chi connectivity index (χ4v) is 1.53. The molecule has 0 fully saturated rings. The zero-order valence-electron chi connectivity index (χ0n) is 7.31. The molecule has 0 spiro atoms. The van der Waals surface area contributed by atoms with E-state index < -0.39 is 0 Å². The Morgan fingerprint density at radius 3 is 2.64 bits per heavy atom. The molecule has 0 saturated carbocycles. The number of halogens is 1. The van der Waals surface area contributed by atoms with E-state index in [9.17, 15) is 0 Å². The topological polar surface area (TPSA) is 51.8 Å². The van der Waals surface area contributed by atoms with Gasteiger partial charge < -0.3 is 5.73 Å². The predicted molar refractivity (Wildman–Crippen MR) is 59.6 cm³/mol. The van der Waals surface area contributed by atoms with Gasteiger partial charge in [0.25, 0.3) is 0 Å². The number of hydrogen-bond acceptors (Lipinski definition) is 3. The second-order valence-corrected chi connectivity index (χ2v) is 3.75. The van der Waals surface area contributed by atoms with Gasteiger partial charge in [-0.2, -0.15) is 0 Å². The maximum atomic E-state index is 5.45. The minimum absolute atomic E-state index is 0.434. The molecule has 1 aromatic carbocycles. The maximum Gasteiger partial charge on any atom is 0.141 e. The summed E-state index contributed by atoms with van der Waals surface area (Å²) in [5, 5.41) is 0. The average molecular weight is 250 g/mol. The van der Waals surface area contributed by atoms with Gasteiger partial charge in [-0.25, -0.2) is 4.98 Å². The summed E-state index contributed by atoms with van der Waals surface area (Å²) in [7, 11) is 0.